The molecule has 2 aromatic rings. The van der Waals surface area contributed by atoms with Crippen molar-refractivity contribution in [3.8, 4) is 11.8 Å². The van der Waals surface area contributed by atoms with E-state index in [0.717, 1.165) is 16.5 Å². The van der Waals surface area contributed by atoms with E-state index in [1.807, 2.05) is 42.2 Å². The average molecular weight is 257 g/mol. The molecule has 0 amide bonds. The van der Waals surface area contributed by atoms with E-state index >= 15 is 0 Å². The van der Waals surface area contributed by atoms with Crippen LogP contribution >= 0.6 is 11.8 Å². The number of nitrogens with zero attached hydrogens (tertiary/aromatic N) is 2. The van der Waals surface area contributed by atoms with Gasteiger partial charge in [0, 0.05) is 30.8 Å². The van der Waals surface area contributed by atoms with E-state index in [1.165, 1.54) is 5.56 Å². The van der Waals surface area contributed by atoms with Gasteiger partial charge in [-0.15, -0.1) is 0 Å². The Balaban J connectivity index is 2.12. The number of hydrogen-bond donors (Lipinski definition) is 1. The number of aryl methyl sites for hydroxylation is 1. The summed E-state index contributed by atoms with van der Waals surface area (Å²) in [5.74, 6) is 6.86. The average Bonchev–Trinajstić information content (AvgIpc) is 2.80. The van der Waals surface area contributed by atoms with Crippen molar-refractivity contribution in [1.29, 1.82) is 0 Å². The van der Waals surface area contributed by atoms with Crippen LogP contribution in [-0.2, 0) is 12.8 Å². The highest BCUT2D eigenvalue weighted by molar-refractivity contribution is 7.98. The third-order valence-corrected chi connectivity index (χ3v) is 3.58. The molecule has 0 fully saturated rings. The zero-order valence-corrected chi connectivity index (χ0v) is 11.1. The summed E-state index contributed by atoms with van der Waals surface area (Å²) in [6.45, 7) is 0.390. The zero-order valence-electron chi connectivity index (χ0n) is 10.3. The Morgan fingerprint density at radius 2 is 2.22 bits per heavy atom. The Kier molecular flexibility index (Phi) is 4.46. The fourth-order valence-corrected chi connectivity index (χ4v) is 2.48. The highest BCUT2D eigenvalue weighted by Gasteiger charge is 2.03. The molecule has 0 saturated carbocycles. The molecule has 4 heteroatoms. The highest BCUT2D eigenvalue weighted by atomic mass is 32.2. The topological polar surface area (TPSA) is 43.8 Å². The molecule has 0 unspecified atom stereocenters. The van der Waals surface area contributed by atoms with Crippen LogP contribution in [0.25, 0.3) is 0 Å². The third-order valence-electron chi connectivity index (χ3n) is 2.48. The van der Waals surface area contributed by atoms with Gasteiger partial charge in [-0.2, -0.15) is 0 Å². The fourth-order valence-electron chi connectivity index (χ4n) is 1.55. The van der Waals surface area contributed by atoms with Gasteiger partial charge < -0.3 is 10.3 Å². The van der Waals surface area contributed by atoms with Crippen LogP contribution in [-0.4, -0.2) is 16.1 Å². The first-order valence-electron chi connectivity index (χ1n) is 5.68. The van der Waals surface area contributed by atoms with Crippen molar-refractivity contribution in [2.75, 3.05) is 6.54 Å². The van der Waals surface area contributed by atoms with Crippen LogP contribution < -0.4 is 5.73 Å². The van der Waals surface area contributed by atoms with E-state index < -0.39 is 0 Å². The SMILES string of the molecule is Cn1ccnc1SCc1ccccc1C#CCN. The van der Waals surface area contributed by atoms with Gasteiger partial charge in [0.1, 0.15) is 0 Å². The standard InChI is InChI=1S/C14H15N3S/c1-17-10-9-16-14(17)18-11-13-6-3-2-5-12(13)7-4-8-15/h2-3,5-6,9-10H,8,11,15H2,1H3. The van der Waals surface area contributed by atoms with Gasteiger partial charge in [0.25, 0.3) is 0 Å². The Labute approximate surface area is 111 Å². The van der Waals surface area contributed by atoms with Crippen molar-refractivity contribution >= 4 is 11.8 Å². The van der Waals surface area contributed by atoms with E-state index in [0.29, 0.717) is 6.54 Å². The van der Waals surface area contributed by atoms with Crippen molar-refractivity contribution in [2.45, 2.75) is 10.9 Å². The summed E-state index contributed by atoms with van der Waals surface area (Å²) in [6, 6.07) is 8.14. The van der Waals surface area contributed by atoms with Crippen LogP contribution in [0.2, 0.25) is 0 Å². The molecule has 18 heavy (non-hydrogen) atoms. The molecule has 3 nitrogen and oxygen atoms in total. The molecular weight excluding hydrogens is 242 g/mol. The Morgan fingerprint density at radius 1 is 1.39 bits per heavy atom. The summed E-state index contributed by atoms with van der Waals surface area (Å²) in [5, 5.41) is 1.01. The molecule has 0 spiro atoms. The van der Waals surface area contributed by atoms with Gasteiger partial charge in [-0.1, -0.05) is 41.8 Å². The second-order valence-corrected chi connectivity index (χ2v) is 4.71. The first-order valence-corrected chi connectivity index (χ1v) is 6.67. The van der Waals surface area contributed by atoms with Crippen LogP contribution in [0.1, 0.15) is 11.1 Å². The molecule has 0 saturated heterocycles. The normalized spacial score (nSPS) is 9.89. The highest BCUT2D eigenvalue weighted by Crippen LogP contribution is 2.22. The predicted octanol–water partition coefficient (Wildman–Crippen LogP) is 2.02. The number of rotatable bonds is 3. The summed E-state index contributed by atoms with van der Waals surface area (Å²) in [4.78, 5) is 4.29. The molecule has 0 aliphatic heterocycles. The Morgan fingerprint density at radius 3 is 2.94 bits per heavy atom. The molecule has 0 aliphatic rings. The number of benzene rings is 1. The monoisotopic (exact) mass is 257 g/mol. The van der Waals surface area contributed by atoms with Crippen LogP contribution in [0, 0.1) is 11.8 Å². The summed E-state index contributed by atoms with van der Waals surface area (Å²) in [7, 11) is 2.00. The van der Waals surface area contributed by atoms with Crippen LogP contribution in [0.15, 0.2) is 41.8 Å². The number of hydrogen-bond acceptors (Lipinski definition) is 3. The number of aromatic nitrogens is 2. The molecule has 0 aliphatic carbocycles. The van der Waals surface area contributed by atoms with Crippen molar-refractivity contribution in [3.63, 3.8) is 0 Å². The Hall–Kier alpha value is -1.70. The number of nitrogens with two attached hydrogens (primary N) is 1. The molecule has 0 bridgehead atoms. The van der Waals surface area contributed by atoms with Crippen molar-refractivity contribution in [1.82, 2.24) is 9.55 Å². The van der Waals surface area contributed by atoms with E-state index in [1.54, 1.807) is 11.8 Å². The molecule has 0 atom stereocenters. The van der Waals surface area contributed by atoms with Crippen molar-refractivity contribution in [3.05, 3.63) is 47.8 Å². The Bertz CT molecular complexity index is 578. The second-order valence-electron chi connectivity index (χ2n) is 3.77. The fraction of sp³-hybridized carbons (Fsp3) is 0.214. The van der Waals surface area contributed by atoms with Crippen LogP contribution in [0.3, 0.4) is 0 Å². The lowest BCUT2D eigenvalue weighted by Crippen LogP contribution is -1.94. The summed E-state index contributed by atoms with van der Waals surface area (Å²) < 4.78 is 2.01. The minimum absolute atomic E-state index is 0.390. The van der Waals surface area contributed by atoms with E-state index in [2.05, 4.69) is 22.9 Å². The summed E-state index contributed by atoms with van der Waals surface area (Å²) in [6.07, 6.45) is 3.75. The lowest BCUT2D eigenvalue weighted by Gasteiger charge is -2.04. The first kappa shape index (κ1) is 12.7. The van der Waals surface area contributed by atoms with Crippen molar-refractivity contribution < 1.29 is 0 Å². The molecular formula is C14H15N3S. The predicted molar refractivity (Wildman–Crippen MR) is 75.1 cm³/mol. The lowest BCUT2D eigenvalue weighted by atomic mass is 10.1. The minimum atomic E-state index is 0.390. The van der Waals surface area contributed by atoms with Gasteiger partial charge >= 0.3 is 0 Å². The lowest BCUT2D eigenvalue weighted by molar-refractivity contribution is 0.790. The molecule has 1 heterocycles. The van der Waals surface area contributed by atoms with Gasteiger partial charge in [0.2, 0.25) is 0 Å². The molecule has 2 rings (SSSR count). The molecule has 1 aromatic carbocycles. The maximum Gasteiger partial charge on any atom is 0.167 e. The van der Waals surface area contributed by atoms with E-state index in [4.69, 9.17) is 5.73 Å². The third kappa shape index (κ3) is 3.16. The maximum atomic E-state index is 5.41. The van der Waals surface area contributed by atoms with E-state index in [-0.39, 0.29) is 0 Å². The van der Waals surface area contributed by atoms with Gasteiger partial charge in [-0.05, 0) is 11.6 Å². The van der Waals surface area contributed by atoms with Gasteiger partial charge in [-0.3, -0.25) is 0 Å². The molecule has 2 N–H and O–H groups in total. The van der Waals surface area contributed by atoms with Gasteiger partial charge in [-0.25, -0.2) is 4.98 Å². The van der Waals surface area contributed by atoms with Gasteiger partial charge in [0.05, 0.1) is 6.54 Å². The largest absolute Gasteiger partial charge is 0.329 e. The quantitative estimate of drug-likeness (QED) is 0.676. The first-order chi connectivity index (χ1) is 8.81. The van der Waals surface area contributed by atoms with Crippen molar-refractivity contribution in [2.24, 2.45) is 12.8 Å². The molecule has 92 valence electrons. The summed E-state index contributed by atoms with van der Waals surface area (Å²) in [5.41, 5.74) is 7.67. The zero-order chi connectivity index (χ0) is 12.8. The second kappa shape index (κ2) is 6.29. The number of thioether (sulfide) groups is 1. The number of imidazole rings is 1. The van der Waals surface area contributed by atoms with E-state index in [9.17, 15) is 0 Å². The minimum Gasteiger partial charge on any atom is -0.329 e. The van der Waals surface area contributed by atoms with Crippen LogP contribution in [0.5, 0.6) is 0 Å². The maximum absolute atomic E-state index is 5.41. The van der Waals surface area contributed by atoms with Gasteiger partial charge in [0.15, 0.2) is 5.16 Å². The summed E-state index contributed by atoms with van der Waals surface area (Å²) >= 11 is 1.71. The molecule has 1 aromatic heterocycles. The van der Waals surface area contributed by atoms with Crippen LogP contribution in [0.4, 0.5) is 0 Å². The molecule has 0 radical (unpaired) electrons. The smallest absolute Gasteiger partial charge is 0.167 e.